The van der Waals surface area contributed by atoms with Crippen molar-refractivity contribution < 1.29 is 19.8 Å². The molecule has 0 spiro atoms. The van der Waals surface area contributed by atoms with Crippen LogP contribution in [-0.2, 0) is 9.59 Å². The molecule has 102 valence electrons. The van der Waals surface area contributed by atoms with Crippen LogP contribution < -0.4 is 0 Å². The van der Waals surface area contributed by atoms with Crippen molar-refractivity contribution in [3.8, 4) is 0 Å². The van der Waals surface area contributed by atoms with Crippen LogP contribution in [0.1, 0.15) is 32.6 Å². The summed E-state index contributed by atoms with van der Waals surface area (Å²) in [6.07, 6.45) is 2.96. The standard InChI is InChI=1S/C13H21NO4/c1-8-5-6-14(11(8)7-15)12(16)9-3-2-4-10(9)13(17)18/h8-11,15H,2-7H2,1H3,(H,17,18)/t8?,9-,10+,11?/m1/s1. The summed E-state index contributed by atoms with van der Waals surface area (Å²) >= 11 is 0. The van der Waals surface area contributed by atoms with Crippen LogP contribution in [-0.4, -0.2) is 46.2 Å². The maximum Gasteiger partial charge on any atom is 0.307 e. The van der Waals surface area contributed by atoms with Gasteiger partial charge in [-0.05, 0) is 25.2 Å². The maximum atomic E-state index is 12.4. The first kappa shape index (κ1) is 13.3. The minimum atomic E-state index is -0.862. The number of nitrogens with zero attached hydrogens (tertiary/aromatic N) is 1. The Hall–Kier alpha value is -1.10. The number of carboxylic acid groups (broad SMARTS) is 1. The van der Waals surface area contributed by atoms with E-state index in [-0.39, 0.29) is 24.5 Å². The van der Waals surface area contributed by atoms with Crippen molar-refractivity contribution in [1.82, 2.24) is 4.90 Å². The van der Waals surface area contributed by atoms with Crippen molar-refractivity contribution in [2.75, 3.05) is 13.2 Å². The van der Waals surface area contributed by atoms with Gasteiger partial charge in [0, 0.05) is 6.54 Å². The number of carbonyl (C=O) groups is 2. The summed E-state index contributed by atoms with van der Waals surface area (Å²) in [5.74, 6) is -1.56. The van der Waals surface area contributed by atoms with E-state index in [4.69, 9.17) is 5.11 Å². The largest absolute Gasteiger partial charge is 0.481 e. The van der Waals surface area contributed by atoms with Crippen LogP contribution in [0.5, 0.6) is 0 Å². The first-order valence-corrected chi connectivity index (χ1v) is 6.70. The van der Waals surface area contributed by atoms with Crippen molar-refractivity contribution in [2.24, 2.45) is 17.8 Å². The summed E-state index contributed by atoms with van der Waals surface area (Å²) in [5.41, 5.74) is 0. The maximum absolute atomic E-state index is 12.4. The molecular formula is C13H21NO4. The zero-order chi connectivity index (χ0) is 13.3. The molecule has 5 nitrogen and oxygen atoms in total. The normalized spacial score (nSPS) is 36.0. The van der Waals surface area contributed by atoms with Crippen LogP contribution >= 0.6 is 0 Å². The third-order valence-electron chi connectivity index (χ3n) is 4.50. The lowest BCUT2D eigenvalue weighted by Crippen LogP contribution is -2.44. The van der Waals surface area contributed by atoms with Gasteiger partial charge in [-0.3, -0.25) is 9.59 Å². The quantitative estimate of drug-likeness (QED) is 0.779. The molecule has 0 aromatic heterocycles. The third kappa shape index (κ3) is 2.23. The van der Waals surface area contributed by atoms with Gasteiger partial charge in [-0.25, -0.2) is 0 Å². The van der Waals surface area contributed by atoms with Crippen molar-refractivity contribution >= 4 is 11.9 Å². The summed E-state index contributed by atoms with van der Waals surface area (Å²) in [5, 5.41) is 18.5. The highest BCUT2D eigenvalue weighted by Crippen LogP contribution is 2.35. The Labute approximate surface area is 107 Å². The number of aliphatic carboxylic acids is 1. The Morgan fingerprint density at radius 3 is 2.50 bits per heavy atom. The summed E-state index contributed by atoms with van der Waals surface area (Å²) < 4.78 is 0. The molecule has 2 unspecified atom stereocenters. The molecule has 1 saturated carbocycles. The average molecular weight is 255 g/mol. The van der Waals surface area contributed by atoms with Crippen molar-refractivity contribution in [3.63, 3.8) is 0 Å². The second kappa shape index (κ2) is 5.26. The molecule has 0 aromatic rings. The van der Waals surface area contributed by atoms with Crippen molar-refractivity contribution in [2.45, 2.75) is 38.6 Å². The van der Waals surface area contributed by atoms with E-state index in [0.29, 0.717) is 25.3 Å². The van der Waals surface area contributed by atoms with E-state index in [9.17, 15) is 14.7 Å². The minimum Gasteiger partial charge on any atom is -0.481 e. The van der Waals surface area contributed by atoms with Crippen LogP contribution in [0.15, 0.2) is 0 Å². The molecular weight excluding hydrogens is 234 g/mol. The molecule has 2 fully saturated rings. The molecule has 1 saturated heterocycles. The molecule has 2 aliphatic rings. The number of rotatable bonds is 3. The van der Waals surface area contributed by atoms with E-state index >= 15 is 0 Å². The van der Waals surface area contributed by atoms with Gasteiger partial charge in [-0.15, -0.1) is 0 Å². The fraction of sp³-hybridized carbons (Fsp3) is 0.846. The Balaban J connectivity index is 2.09. The lowest BCUT2D eigenvalue weighted by atomic mass is 9.94. The molecule has 5 heteroatoms. The molecule has 2 rings (SSSR count). The second-order valence-electron chi connectivity index (χ2n) is 5.53. The Morgan fingerprint density at radius 2 is 1.89 bits per heavy atom. The third-order valence-corrected chi connectivity index (χ3v) is 4.50. The summed E-state index contributed by atoms with van der Waals surface area (Å²) in [7, 11) is 0. The van der Waals surface area contributed by atoms with Gasteiger partial charge in [-0.1, -0.05) is 13.3 Å². The number of hydrogen-bond donors (Lipinski definition) is 2. The molecule has 0 radical (unpaired) electrons. The summed E-state index contributed by atoms with van der Waals surface area (Å²) in [4.78, 5) is 25.3. The molecule has 1 heterocycles. The average Bonchev–Trinajstić information content (AvgIpc) is 2.93. The topological polar surface area (TPSA) is 77.8 Å². The zero-order valence-corrected chi connectivity index (χ0v) is 10.7. The highest BCUT2D eigenvalue weighted by molar-refractivity contribution is 5.85. The van der Waals surface area contributed by atoms with Gasteiger partial charge in [0.05, 0.1) is 24.5 Å². The van der Waals surface area contributed by atoms with Gasteiger partial charge in [0.25, 0.3) is 0 Å². The monoisotopic (exact) mass is 255 g/mol. The molecule has 0 aromatic carbocycles. The van der Waals surface area contributed by atoms with Gasteiger partial charge in [0.1, 0.15) is 0 Å². The molecule has 0 bridgehead atoms. The summed E-state index contributed by atoms with van der Waals surface area (Å²) in [6, 6.07) is -0.132. The SMILES string of the molecule is CC1CCN(C(=O)[C@@H]2CCC[C@@H]2C(=O)O)C1CO. The Morgan fingerprint density at radius 1 is 1.22 bits per heavy atom. The molecule has 1 aliphatic heterocycles. The number of amides is 1. The number of carbonyl (C=O) groups excluding carboxylic acids is 1. The molecule has 18 heavy (non-hydrogen) atoms. The van der Waals surface area contributed by atoms with Crippen LogP contribution in [0.2, 0.25) is 0 Å². The second-order valence-corrected chi connectivity index (χ2v) is 5.53. The predicted octanol–water partition coefficient (Wildman–Crippen LogP) is 0.717. The fourth-order valence-corrected chi connectivity index (χ4v) is 3.32. The number of hydrogen-bond acceptors (Lipinski definition) is 3. The van der Waals surface area contributed by atoms with Gasteiger partial charge < -0.3 is 15.1 Å². The number of aliphatic hydroxyl groups excluding tert-OH is 1. The van der Waals surface area contributed by atoms with Crippen LogP contribution in [0.3, 0.4) is 0 Å². The van der Waals surface area contributed by atoms with Crippen LogP contribution in [0, 0.1) is 17.8 Å². The molecule has 2 N–H and O–H groups in total. The first-order valence-electron chi connectivity index (χ1n) is 6.70. The highest BCUT2D eigenvalue weighted by atomic mass is 16.4. The Bertz CT molecular complexity index is 344. The first-order chi connectivity index (χ1) is 8.56. The van der Waals surface area contributed by atoms with E-state index in [0.717, 1.165) is 12.8 Å². The molecule has 1 aliphatic carbocycles. The molecule has 4 atom stereocenters. The van der Waals surface area contributed by atoms with Crippen LogP contribution in [0.4, 0.5) is 0 Å². The van der Waals surface area contributed by atoms with E-state index < -0.39 is 11.9 Å². The highest BCUT2D eigenvalue weighted by Gasteiger charge is 2.43. The minimum absolute atomic E-state index is 0.0304. The predicted molar refractivity (Wildman–Crippen MR) is 64.8 cm³/mol. The Kier molecular flexibility index (Phi) is 3.90. The van der Waals surface area contributed by atoms with Crippen molar-refractivity contribution in [1.29, 1.82) is 0 Å². The van der Waals surface area contributed by atoms with Gasteiger partial charge in [-0.2, -0.15) is 0 Å². The number of carboxylic acids is 1. The van der Waals surface area contributed by atoms with E-state index in [1.807, 2.05) is 6.92 Å². The van der Waals surface area contributed by atoms with Crippen molar-refractivity contribution in [3.05, 3.63) is 0 Å². The molecule has 1 amide bonds. The lowest BCUT2D eigenvalue weighted by molar-refractivity contribution is -0.149. The smallest absolute Gasteiger partial charge is 0.307 e. The fourth-order valence-electron chi connectivity index (χ4n) is 3.32. The van der Waals surface area contributed by atoms with Gasteiger partial charge in [0.15, 0.2) is 0 Å². The van der Waals surface area contributed by atoms with Gasteiger partial charge in [0.2, 0.25) is 5.91 Å². The van der Waals surface area contributed by atoms with Crippen LogP contribution in [0.25, 0.3) is 0 Å². The zero-order valence-electron chi connectivity index (χ0n) is 10.7. The number of aliphatic hydroxyl groups is 1. The summed E-state index contributed by atoms with van der Waals surface area (Å²) in [6.45, 7) is 2.64. The van der Waals surface area contributed by atoms with E-state index in [2.05, 4.69) is 0 Å². The van der Waals surface area contributed by atoms with E-state index in [1.165, 1.54) is 0 Å². The van der Waals surface area contributed by atoms with Gasteiger partial charge >= 0.3 is 5.97 Å². The van der Waals surface area contributed by atoms with E-state index in [1.54, 1.807) is 4.90 Å². The lowest BCUT2D eigenvalue weighted by Gasteiger charge is -2.29. The number of likely N-dealkylation sites (tertiary alicyclic amines) is 1.